The van der Waals surface area contributed by atoms with E-state index >= 15 is 0 Å². The summed E-state index contributed by atoms with van der Waals surface area (Å²) >= 11 is 0. The molecule has 23 aliphatic carbocycles. The zero-order chi connectivity index (χ0) is 107. The van der Waals surface area contributed by atoms with Crippen molar-refractivity contribution in [1.82, 2.24) is 0 Å². The number of carboxylic acid groups (broad SMARTS) is 1. The summed E-state index contributed by atoms with van der Waals surface area (Å²) in [6, 6.07) is 0. The number of esters is 11. The predicted molar refractivity (Wildman–Crippen MR) is 561 cm³/mol. The summed E-state index contributed by atoms with van der Waals surface area (Å²) < 4.78 is 55.1. The summed E-state index contributed by atoms with van der Waals surface area (Å²) in [7, 11) is 1.31. The molecule has 3 saturated heterocycles. The molecule has 26 aliphatic rings. The van der Waals surface area contributed by atoms with Gasteiger partial charge in [-0.2, -0.15) is 0 Å². The smallest absolute Gasteiger partial charge is 0.317 e. The van der Waals surface area contributed by atoms with Crippen LogP contribution in [0.3, 0.4) is 0 Å². The Morgan fingerprint density at radius 3 is 1.46 bits per heavy atom. The molecule has 149 heavy (non-hydrogen) atoms. The molecule has 0 amide bonds. The zero-order valence-corrected chi connectivity index (χ0v) is 95.1. The molecule has 0 aromatic rings. The van der Waals surface area contributed by atoms with Crippen LogP contribution in [0, 0.1) is 242 Å². The summed E-state index contributed by atoms with van der Waals surface area (Å²) in [5.41, 5.74) is -1.19. The van der Waals surface area contributed by atoms with E-state index in [-0.39, 0.29) is 147 Å². The van der Waals surface area contributed by atoms with Gasteiger partial charge in [0.2, 0.25) is 0 Å². The molecule has 23 saturated carbocycles. The molecule has 44 atom stereocenters. The first-order chi connectivity index (χ1) is 70.7. The van der Waals surface area contributed by atoms with Gasteiger partial charge in [-0.3, -0.25) is 57.5 Å². The second-order valence-electron chi connectivity index (χ2n) is 55.2. The van der Waals surface area contributed by atoms with E-state index in [0.29, 0.717) is 96.9 Å². The van der Waals surface area contributed by atoms with Gasteiger partial charge in [0.05, 0.1) is 83.9 Å². The number of fused-ring (bicyclic) bond motifs is 21. The van der Waals surface area contributed by atoms with E-state index in [1.165, 1.54) is 149 Å². The Morgan fingerprint density at radius 1 is 0.430 bits per heavy atom. The fourth-order valence-corrected chi connectivity index (χ4v) is 38.3. The molecule has 1 spiro atoms. The maximum absolute atomic E-state index is 13.1. The lowest BCUT2D eigenvalue weighted by atomic mass is 9.52. The average Bonchev–Trinajstić information content (AvgIpc) is 1.54. The van der Waals surface area contributed by atoms with Crippen LogP contribution in [0.2, 0.25) is 0 Å². The van der Waals surface area contributed by atoms with E-state index in [4.69, 9.17) is 47.7 Å². The van der Waals surface area contributed by atoms with Gasteiger partial charge >= 0.3 is 71.6 Å². The van der Waals surface area contributed by atoms with Crippen molar-refractivity contribution < 1.29 is 115 Å². The molecule has 0 aromatic carbocycles. The Labute approximate surface area is 892 Å². The number of hydrogen-bond donors (Lipinski definition) is 2. The summed E-state index contributed by atoms with van der Waals surface area (Å²) in [6.07, 6.45) is 47.0. The van der Waals surface area contributed by atoms with Crippen molar-refractivity contribution in [3.63, 3.8) is 0 Å². The molecular formula is C125H194O24. The number of carbonyl (C=O) groups is 12. The summed E-state index contributed by atoms with van der Waals surface area (Å²) in [6.45, 7) is 42.6. The third kappa shape index (κ3) is 22.1. The number of aliphatic hydroxyl groups is 1. The van der Waals surface area contributed by atoms with Gasteiger partial charge in [0.1, 0.15) is 40.7 Å². The van der Waals surface area contributed by atoms with E-state index < -0.39 is 47.4 Å². The van der Waals surface area contributed by atoms with Crippen LogP contribution < -0.4 is 0 Å². The number of methoxy groups -OCH3 is 1. The first-order valence-corrected chi connectivity index (χ1v) is 61.2. The second kappa shape index (κ2) is 45.8. The molecule has 2 N–H and O–H groups in total. The molecular weight excluding hydrogens is 1890 g/mol. The highest BCUT2D eigenvalue weighted by atomic mass is 16.6. The summed E-state index contributed by atoms with van der Waals surface area (Å²) in [5, 5.41) is 19.5. The largest absolute Gasteiger partial charge is 0.481 e. The monoisotopic (exact) mass is 2080 g/mol. The van der Waals surface area contributed by atoms with E-state index in [0.717, 1.165) is 210 Å². The standard InChI is InChI=1S/C21H34O2.C19H30O2.C16H26O2.C15H20O6.C15H24O3.C12H18O2.C11H18O2.C10H16O2.C6H8O3/c1-14-15(2)18-12-16(14)13-19(18)20(22)23-21(10-6-7-11-21)17-8-4-3-5-9-17;1-4-11(3)18(20)21-19(5-2)10-14-9-15(19)17-13-7-6-12(8-13)16(14)17;1-3-16(6-4-5-7-16)18-15(17)14-10-12-9-13(14)8-11(12)2;1-4-6(2)13(16)20-11-7-5-8-10(9(7)14(17)19-3)15(18)21-12(8)11;1-3-10(2)13(16)18-15-7-11-4-12(8-15)6-14(17,5-11)9-15;1-7-8(2)10-5-9(7)6-12(10)3-4-14-11(12)13;1-6-7(2)10-4-9(6)5-11(10)13-8(3)12;1-5-6(2)8-3-7(5)4-9(8)10(11)12;1-3-4(2)6(8)9-5(3)7/h14-19H,3-13H2,1-2H3;11-17H,4-10H2,1-3H3;11-14H,3-10H2,1-2H3;6-12H,4-5H2,1-3H3;10-12,17H,3-9H2,1-2H3;7-10H,3-6H2,1-2H3;6-7,9-11H,4-5H2,1-3H3;5-9H,3-4H2,1-2H3,(H,11,12);3-4H,1-2H3. The fraction of sp³-hybridized carbons (Fsp3) is 0.904. The third-order valence-electron chi connectivity index (χ3n) is 48.0. The lowest BCUT2D eigenvalue weighted by Crippen LogP contribution is -2.60. The Balaban J connectivity index is 0.000000115. The summed E-state index contributed by atoms with van der Waals surface area (Å²) in [5.74, 6) is 17.4. The van der Waals surface area contributed by atoms with Gasteiger partial charge in [0, 0.05) is 31.1 Å². The van der Waals surface area contributed by atoms with Gasteiger partial charge < -0.3 is 57.6 Å². The highest BCUT2D eigenvalue weighted by Gasteiger charge is 2.72. The Morgan fingerprint density at radius 2 is 0.966 bits per heavy atom. The maximum atomic E-state index is 13.1. The second-order valence-corrected chi connectivity index (χ2v) is 55.2. The normalized spacial score (nSPS) is 45.9. The molecule has 0 aromatic heterocycles. The Bertz CT molecular complexity index is 4720. The Hall–Kier alpha value is -6.20. The summed E-state index contributed by atoms with van der Waals surface area (Å²) in [4.78, 5) is 141. The van der Waals surface area contributed by atoms with Crippen LogP contribution in [-0.4, -0.2) is 142 Å². The molecule has 44 unspecified atom stereocenters. The van der Waals surface area contributed by atoms with Crippen molar-refractivity contribution in [2.24, 2.45) is 242 Å². The van der Waals surface area contributed by atoms with Crippen molar-refractivity contribution in [1.29, 1.82) is 0 Å². The number of ether oxygens (including phenoxy) is 10. The lowest BCUT2D eigenvalue weighted by Gasteiger charge is -2.59. The van der Waals surface area contributed by atoms with Crippen molar-refractivity contribution in [3.8, 4) is 0 Å². The van der Waals surface area contributed by atoms with Crippen LogP contribution in [0.25, 0.3) is 0 Å². The molecule has 3 heterocycles. The minimum absolute atomic E-state index is 0.0207. The zero-order valence-electron chi connectivity index (χ0n) is 95.1. The van der Waals surface area contributed by atoms with Gasteiger partial charge in [0.25, 0.3) is 0 Å². The average molecular weight is 2080 g/mol. The molecule has 26 rings (SSSR count). The number of aliphatic carboxylic acids is 1. The highest BCUT2D eigenvalue weighted by Crippen LogP contribution is 2.72. The van der Waals surface area contributed by atoms with E-state index in [9.17, 15) is 62.6 Å². The first-order valence-electron chi connectivity index (χ1n) is 61.2. The molecule has 26 fully saturated rings. The minimum Gasteiger partial charge on any atom is -0.481 e. The van der Waals surface area contributed by atoms with Gasteiger partial charge in [-0.25, -0.2) is 0 Å². The Kier molecular flexibility index (Phi) is 35.0. The topological polar surface area (TPSA) is 338 Å². The van der Waals surface area contributed by atoms with E-state index in [2.05, 4.69) is 87.8 Å². The van der Waals surface area contributed by atoms with Crippen molar-refractivity contribution in [3.05, 3.63) is 0 Å². The number of hydrogen-bond acceptors (Lipinski definition) is 23. The lowest BCUT2D eigenvalue weighted by molar-refractivity contribution is -0.222. The van der Waals surface area contributed by atoms with Crippen LogP contribution >= 0.6 is 0 Å². The molecule has 0 radical (unpaired) electrons. The number of rotatable bonds is 19. The van der Waals surface area contributed by atoms with Crippen LogP contribution in [0.4, 0.5) is 0 Å². The minimum atomic E-state index is -0.568. The number of cyclic esters (lactones) is 3. The maximum Gasteiger partial charge on any atom is 0.317 e. The van der Waals surface area contributed by atoms with Crippen molar-refractivity contribution >= 4 is 71.6 Å². The van der Waals surface area contributed by atoms with Gasteiger partial charge in [-0.15, -0.1) is 0 Å². The van der Waals surface area contributed by atoms with Crippen molar-refractivity contribution in [2.45, 2.75) is 454 Å². The molecule has 24 nitrogen and oxygen atoms in total. The third-order valence-corrected chi connectivity index (χ3v) is 48.0. The van der Waals surface area contributed by atoms with Gasteiger partial charge in [-0.1, -0.05) is 151 Å². The van der Waals surface area contributed by atoms with Crippen LogP contribution in [-0.2, 0) is 105 Å². The molecule has 24 heteroatoms. The number of carboxylic acids is 1. The molecule has 3 aliphatic heterocycles. The quantitative estimate of drug-likeness (QED) is 0.0525. The molecule has 20 bridgehead atoms. The van der Waals surface area contributed by atoms with Crippen LogP contribution in [0.1, 0.15) is 408 Å². The van der Waals surface area contributed by atoms with Crippen molar-refractivity contribution in [2.75, 3.05) is 13.7 Å². The first kappa shape index (κ1) is 114. The number of carbonyl (C=O) groups excluding carboxylic acids is 11. The van der Waals surface area contributed by atoms with E-state index in [1.54, 1.807) is 20.8 Å². The molecule has 838 valence electrons. The fourth-order valence-electron chi connectivity index (χ4n) is 38.3. The predicted octanol–water partition coefficient (Wildman–Crippen LogP) is 24.1. The van der Waals surface area contributed by atoms with E-state index in [1.807, 2.05) is 27.7 Å². The van der Waals surface area contributed by atoms with Gasteiger partial charge in [0.15, 0.2) is 0 Å². The highest BCUT2D eigenvalue weighted by molar-refractivity contribution is 5.96. The van der Waals surface area contributed by atoms with Crippen LogP contribution in [0.15, 0.2) is 0 Å². The SMILES string of the molecule is CC(=O)OC1CC2CC1C(C)C2C.CC1C(=O)OC(=O)C1C.CC1C2CC(C(=O)O)C(C2)C1C.CC1C2CC(C(=O)OC3(C4CCCCC4)CCCC3)C(C2)C1C.CC1C2CC(C1C)C1(CCOC1=O)C2.CCC(C)C(=O)OC1(CC)CC2CC1C1C3CCC(C3)C21.CCC(C)C(=O)OC12CC3CC(CC(O)(C3)C1)C2.CCC(C)C(=O)OC1C2CC3C1OC(=O)C3C2C(=O)OC.CCC1(OC(=O)C2CC3CC2CC3C)CCCC1. The van der Waals surface area contributed by atoms with Gasteiger partial charge in [-0.05, 0) is 404 Å². The van der Waals surface area contributed by atoms with Crippen LogP contribution in [0.5, 0.6) is 0 Å².